The van der Waals surface area contributed by atoms with Crippen LogP contribution in [0.1, 0.15) is 46.5 Å². The maximum atomic E-state index is 11.8. The zero-order valence-corrected chi connectivity index (χ0v) is 18.1. The molecule has 1 heterocycles. The second kappa shape index (κ2) is 13.6. The Morgan fingerprint density at radius 2 is 2.12 bits per heavy atom. The van der Waals surface area contributed by atoms with E-state index >= 15 is 0 Å². The highest BCUT2D eigenvalue weighted by Crippen LogP contribution is 2.32. The molecule has 0 aromatic carbocycles. The Morgan fingerprint density at radius 3 is 2.68 bits per heavy atom. The molecule has 2 unspecified atom stereocenters. The van der Waals surface area contributed by atoms with Crippen LogP contribution < -0.4 is 16.0 Å². The van der Waals surface area contributed by atoms with Crippen molar-refractivity contribution in [2.45, 2.75) is 52.5 Å². The molecular formula is C17H35IN4O3. The minimum atomic E-state index is -0.0645. The predicted octanol–water partition coefficient (Wildman–Crippen LogP) is 1.25. The SMILES string of the molecule is CCNC(=NCC1(CCO)CCOC1)NCCC(=O)NC(C)CC.I. The van der Waals surface area contributed by atoms with Crippen molar-refractivity contribution in [3.8, 4) is 0 Å². The second-order valence-electron chi connectivity index (χ2n) is 6.52. The summed E-state index contributed by atoms with van der Waals surface area (Å²) < 4.78 is 5.49. The van der Waals surface area contributed by atoms with Gasteiger partial charge < -0.3 is 25.8 Å². The zero-order valence-electron chi connectivity index (χ0n) is 15.8. The first kappa shape index (κ1) is 24.4. The molecule has 2 atom stereocenters. The van der Waals surface area contributed by atoms with E-state index in [-0.39, 0.29) is 47.9 Å². The zero-order chi connectivity index (χ0) is 17.8. The van der Waals surface area contributed by atoms with E-state index in [9.17, 15) is 9.90 Å². The lowest BCUT2D eigenvalue weighted by Gasteiger charge is -2.24. The molecule has 0 saturated carbocycles. The van der Waals surface area contributed by atoms with Gasteiger partial charge in [-0.3, -0.25) is 9.79 Å². The van der Waals surface area contributed by atoms with Crippen LogP contribution in [0.3, 0.4) is 0 Å². The highest BCUT2D eigenvalue weighted by molar-refractivity contribution is 14.0. The third-order valence-electron chi connectivity index (χ3n) is 4.41. The first-order chi connectivity index (χ1) is 11.5. The molecule has 1 aliphatic heterocycles. The van der Waals surface area contributed by atoms with Crippen LogP contribution in [0.4, 0.5) is 0 Å². The molecule has 1 rings (SSSR count). The van der Waals surface area contributed by atoms with Crippen LogP contribution in [-0.2, 0) is 9.53 Å². The predicted molar refractivity (Wildman–Crippen MR) is 111 cm³/mol. The number of hydrogen-bond donors (Lipinski definition) is 4. The van der Waals surface area contributed by atoms with Gasteiger partial charge in [0, 0.05) is 44.2 Å². The van der Waals surface area contributed by atoms with Gasteiger partial charge in [-0.1, -0.05) is 6.92 Å². The van der Waals surface area contributed by atoms with Crippen molar-refractivity contribution >= 4 is 35.8 Å². The van der Waals surface area contributed by atoms with Gasteiger partial charge in [0.15, 0.2) is 5.96 Å². The summed E-state index contributed by atoms with van der Waals surface area (Å²) in [5.74, 6) is 0.756. The maximum Gasteiger partial charge on any atom is 0.221 e. The number of nitrogens with zero attached hydrogens (tertiary/aromatic N) is 1. The fourth-order valence-corrected chi connectivity index (χ4v) is 2.62. The van der Waals surface area contributed by atoms with Crippen LogP contribution in [0.5, 0.6) is 0 Å². The lowest BCUT2D eigenvalue weighted by molar-refractivity contribution is -0.121. The maximum absolute atomic E-state index is 11.8. The fraction of sp³-hybridized carbons (Fsp3) is 0.882. The second-order valence-corrected chi connectivity index (χ2v) is 6.52. The number of guanidine groups is 1. The van der Waals surface area contributed by atoms with E-state index in [2.05, 4.69) is 20.9 Å². The standard InChI is InChI=1S/C17H34N4O3.HI/c1-4-14(3)21-15(23)6-9-19-16(18-5-2)20-12-17(7-10-22)8-11-24-13-17;/h14,22H,4-13H2,1-3H3,(H,21,23)(H2,18,19,20);1H. The van der Waals surface area contributed by atoms with Crippen molar-refractivity contribution in [2.24, 2.45) is 10.4 Å². The summed E-state index contributed by atoms with van der Waals surface area (Å²) in [6.07, 6.45) is 2.97. The molecule has 0 aliphatic carbocycles. The van der Waals surface area contributed by atoms with Crippen LogP contribution in [0.25, 0.3) is 0 Å². The number of aliphatic imine (C=N–C) groups is 1. The van der Waals surface area contributed by atoms with Crippen LogP contribution in [0.2, 0.25) is 0 Å². The largest absolute Gasteiger partial charge is 0.396 e. The van der Waals surface area contributed by atoms with Crippen molar-refractivity contribution in [1.29, 1.82) is 0 Å². The molecule has 0 radical (unpaired) electrons. The van der Waals surface area contributed by atoms with Crippen molar-refractivity contribution < 1.29 is 14.6 Å². The molecule has 25 heavy (non-hydrogen) atoms. The number of carbonyl (C=O) groups is 1. The number of hydrogen-bond acceptors (Lipinski definition) is 4. The number of amides is 1. The normalized spacial score (nSPS) is 21.4. The van der Waals surface area contributed by atoms with Gasteiger partial charge in [-0.05, 0) is 33.1 Å². The van der Waals surface area contributed by atoms with Gasteiger partial charge in [0.2, 0.25) is 5.91 Å². The van der Waals surface area contributed by atoms with Crippen molar-refractivity contribution in [3.63, 3.8) is 0 Å². The number of ether oxygens (including phenoxy) is 1. The molecule has 4 N–H and O–H groups in total. The summed E-state index contributed by atoms with van der Waals surface area (Å²) in [4.78, 5) is 16.4. The molecule has 1 saturated heterocycles. The minimum absolute atomic E-state index is 0. The van der Waals surface area contributed by atoms with Crippen molar-refractivity contribution in [1.82, 2.24) is 16.0 Å². The molecule has 1 amide bonds. The van der Waals surface area contributed by atoms with E-state index in [4.69, 9.17) is 4.74 Å². The molecular weight excluding hydrogens is 435 g/mol. The number of halogens is 1. The van der Waals surface area contributed by atoms with Crippen LogP contribution in [0, 0.1) is 5.41 Å². The first-order valence-corrected chi connectivity index (χ1v) is 9.05. The number of aliphatic hydroxyl groups is 1. The van der Waals surface area contributed by atoms with Gasteiger partial charge in [0.25, 0.3) is 0 Å². The fourth-order valence-electron chi connectivity index (χ4n) is 2.62. The number of nitrogens with one attached hydrogen (secondary N) is 3. The molecule has 148 valence electrons. The lowest BCUT2D eigenvalue weighted by Crippen LogP contribution is -2.41. The molecule has 7 nitrogen and oxygen atoms in total. The summed E-state index contributed by atoms with van der Waals surface area (Å²) in [5, 5.41) is 18.6. The van der Waals surface area contributed by atoms with Crippen LogP contribution in [-0.4, -0.2) is 62.5 Å². The van der Waals surface area contributed by atoms with Crippen molar-refractivity contribution in [3.05, 3.63) is 0 Å². The molecule has 1 aliphatic rings. The molecule has 8 heteroatoms. The smallest absolute Gasteiger partial charge is 0.221 e. The van der Waals surface area contributed by atoms with Gasteiger partial charge >= 0.3 is 0 Å². The van der Waals surface area contributed by atoms with E-state index in [1.54, 1.807) is 0 Å². The van der Waals surface area contributed by atoms with E-state index in [0.717, 1.165) is 26.0 Å². The molecule has 0 spiro atoms. The Bertz CT molecular complexity index is 401. The van der Waals surface area contributed by atoms with E-state index in [0.29, 0.717) is 38.5 Å². The molecule has 0 bridgehead atoms. The quantitative estimate of drug-likeness (QED) is 0.219. The van der Waals surface area contributed by atoms with E-state index in [1.807, 2.05) is 20.8 Å². The molecule has 0 aromatic rings. The Kier molecular flexibility index (Phi) is 13.2. The lowest BCUT2D eigenvalue weighted by atomic mass is 9.84. The van der Waals surface area contributed by atoms with E-state index in [1.165, 1.54) is 0 Å². The third-order valence-corrected chi connectivity index (χ3v) is 4.41. The Hall–Kier alpha value is -0.610. The first-order valence-electron chi connectivity index (χ1n) is 9.05. The Balaban J connectivity index is 0.00000576. The number of carbonyl (C=O) groups excluding carboxylic acids is 1. The average Bonchev–Trinajstić information content (AvgIpc) is 3.01. The highest BCUT2D eigenvalue weighted by Gasteiger charge is 2.34. The van der Waals surface area contributed by atoms with Crippen LogP contribution in [0.15, 0.2) is 4.99 Å². The van der Waals surface area contributed by atoms with Gasteiger partial charge in [0.05, 0.1) is 13.2 Å². The summed E-state index contributed by atoms with van der Waals surface area (Å²) in [6, 6.07) is 0.208. The molecule has 0 aromatic heterocycles. The summed E-state index contributed by atoms with van der Waals surface area (Å²) >= 11 is 0. The monoisotopic (exact) mass is 470 g/mol. The summed E-state index contributed by atoms with van der Waals surface area (Å²) in [7, 11) is 0. The van der Waals surface area contributed by atoms with Gasteiger partial charge in [-0.25, -0.2) is 0 Å². The van der Waals surface area contributed by atoms with Gasteiger partial charge in [-0.15, -0.1) is 24.0 Å². The Morgan fingerprint density at radius 1 is 1.36 bits per heavy atom. The summed E-state index contributed by atoms with van der Waals surface area (Å²) in [6.45, 7) is 9.50. The Labute approximate surface area is 168 Å². The number of aliphatic hydroxyl groups excluding tert-OH is 1. The van der Waals surface area contributed by atoms with Crippen molar-refractivity contribution in [2.75, 3.05) is 39.5 Å². The topological polar surface area (TPSA) is 95.0 Å². The average molecular weight is 470 g/mol. The van der Waals surface area contributed by atoms with Gasteiger partial charge in [-0.2, -0.15) is 0 Å². The van der Waals surface area contributed by atoms with Crippen LogP contribution >= 0.6 is 24.0 Å². The number of rotatable bonds is 10. The third kappa shape index (κ3) is 9.60. The highest BCUT2D eigenvalue weighted by atomic mass is 127. The summed E-state index contributed by atoms with van der Waals surface area (Å²) in [5.41, 5.74) is -0.0645. The van der Waals surface area contributed by atoms with E-state index < -0.39 is 0 Å². The minimum Gasteiger partial charge on any atom is -0.396 e. The van der Waals surface area contributed by atoms with Gasteiger partial charge in [0.1, 0.15) is 0 Å². The molecule has 1 fully saturated rings.